The van der Waals surface area contributed by atoms with Crippen LogP contribution in [0.4, 0.5) is 11.4 Å². The zero-order valence-corrected chi connectivity index (χ0v) is 15.9. The lowest BCUT2D eigenvalue weighted by Gasteiger charge is -2.20. The van der Waals surface area contributed by atoms with E-state index in [1.807, 2.05) is 25.1 Å². The molecule has 1 N–H and O–H groups in total. The standard InChI is InChI=1S/C19H18Cl2N2O3/c1-11-3-4-17(26-2)16(5-11)23-10-12(6-18(23)24)19(25)22-15-8-13(20)7-14(21)9-15/h3-5,7-9,12H,6,10H2,1-2H3,(H,22,25). The minimum atomic E-state index is -0.467. The van der Waals surface area contributed by atoms with Crippen LogP contribution in [-0.2, 0) is 9.59 Å². The Morgan fingerprint density at radius 3 is 2.54 bits per heavy atom. The normalized spacial score (nSPS) is 16.7. The number of benzene rings is 2. The van der Waals surface area contributed by atoms with Crippen molar-refractivity contribution < 1.29 is 14.3 Å². The molecule has 0 aromatic heterocycles. The van der Waals surface area contributed by atoms with Crippen molar-refractivity contribution in [2.75, 3.05) is 23.9 Å². The van der Waals surface area contributed by atoms with Gasteiger partial charge in [-0.3, -0.25) is 9.59 Å². The lowest BCUT2D eigenvalue weighted by Crippen LogP contribution is -2.28. The average Bonchev–Trinajstić information content (AvgIpc) is 2.95. The van der Waals surface area contributed by atoms with Crippen LogP contribution in [0.15, 0.2) is 36.4 Å². The molecule has 0 radical (unpaired) electrons. The molecule has 1 aliphatic rings. The Kier molecular flexibility index (Phi) is 5.39. The van der Waals surface area contributed by atoms with Crippen molar-refractivity contribution >= 4 is 46.4 Å². The highest BCUT2D eigenvalue weighted by Crippen LogP contribution is 2.34. The number of anilines is 2. The summed E-state index contributed by atoms with van der Waals surface area (Å²) in [4.78, 5) is 26.6. The second kappa shape index (κ2) is 7.56. The highest BCUT2D eigenvalue weighted by molar-refractivity contribution is 6.35. The van der Waals surface area contributed by atoms with Crippen molar-refractivity contribution in [1.29, 1.82) is 0 Å². The van der Waals surface area contributed by atoms with Crippen LogP contribution in [-0.4, -0.2) is 25.5 Å². The Morgan fingerprint density at radius 2 is 1.88 bits per heavy atom. The van der Waals surface area contributed by atoms with Crippen molar-refractivity contribution in [2.24, 2.45) is 5.92 Å². The van der Waals surface area contributed by atoms with Crippen LogP contribution in [0, 0.1) is 12.8 Å². The van der Waals surface area contributed by atoms with Gasteiger partial charge in [-0.15, -0.1) is 0 Å². The van der Waals surface area contributed by atoms with Crippen LogP contribution in [0.3, 0.4) is 0 Å². The largest absolute Gasteiger partial charge is 0.495 e. The Balaban J connectivity index is 1.77. The molecule has 2 aromatic rings. The minimum absolute atomic E-state index is 0.113. The molecule has 1 heterocycles. The minimum Gasteiger partial charge on any atom is -0.495 e. The fraction of sp³-hybridized carbons (Fsp3) is 0.263. The van der Waals surface area contributed by atoms with Crippen molar-refractivity contribution in [2.45, 2.75) is 13.3 Å². The first-order chi connectivity index (χ1) is 12.4. The summed E-state index contributed by atoms with van der Waals surface area (Å²) in [7, 11) is 1.56. The molecule has 0 aliphatic carbocycles. The molecule has 3 rings (SSSR count). The molecule has 26 heavy (non-hydrogen) atoms. The smallest absolute Gasteiger partial charge is 0.229 e. The number of rotatable bonds is 4. The predicted molar refractivity (Wildman–Crippen MR) is 103 cm³/mol. The average molecular weight is 393 g/mol. The van der Waals surface area contributed by atoms with E-state index in [0.717, 1.165) is 5.56 Å². The summed E-state index contributed by atoms with van der Waals surface area (Å²) in [6, 6.07) is 10.4. The summed E-state index contributed by atoms with van der Waals surface area (Å²) in [5.74, 6) is -0.221. The lowest BCUT2D eigenvalue weighted by atomic mass is 10.1. The highest BCUT2D eigenvalue weighted by atomic mass is 35.5. The molecule has 1 atom stereocenters. The van der Waals surface area contributed by atoms with Gasteiger partial charge in [-0.1, -0.05) is 29.3 Å². The molecule has 136 valence electrons. The first kappa shape index (κ1) is 18.5. The zero-order chi connectivity index (χ0) is 18.8. The maximum absolute atomic E-state index is 12.6. The molecule has 1 unspecified atom stereocenters. The number of nitrogens with one attached hydrogen (secondary N) is 1. The fourth-order valence-corrected chi connectivity index (χ4v) is 3.52. The number of aryl methyl sites for hydroxylation is 1. The fourth-order valence-electron chi connectivity index (χ4n) is 3.00. The first-order valence-electron chi connectivity index (χ1n) is 8.09. The van der Waals surface area contributed by atoms with Gasteiger partial charge >= 0.3 is 0 Å². The molecular formula is C19H18Cl2N2O3. The van der Waals surface area contributed by atoms with E-state index in [4.69, 9.17) is 27.9 Å². The lowest BCUT2D eigenvalue weighted by molar-refractivity contribution is -0.122. The first-order valence-corrected chi connectivity index (χ1v) is 8.85. The number of amides is 2. The molecule has 2 amide bonds. The molecule has 7 heteroatoms. The molecule has 1 aliphatic heterocycles. The van der Waals surface area contributed by atoms with Crippen LogP contribution in [0.25, 0.3) is 0 Å². The number of methoxy groups -OCH3 is 1. The quantitative estimate of drug-likeness (QED) is 0.843. The molecule has 1 saturated heterocycles. The van der Waals surface area contributed by atoms with E-state index in [1.165, 1.54) is 0 Å². The summed E-state index contributed by atoms with van der Waals surface area (Å²) >= 11 is 11.9. The third-order valence-corrected chi connectivity index (χ3v) is 4.69. The van der Waals surface area contributed by atoms with Crippen LogP contribution in [0.1, 0.15) is 12.0 Å². The van der Waals surface area contributed by atoms with Gasteiger partial charge in [-0.2, -0.15) is 0 Å². The van der Waals surface area contributed by atoms with E-state index >= 15 is 0 Å². The van der Waals surface area contributed by atoms with E-state index in [9.17, 15) is 9.59 Å². The van der Waals surface area contributed by atoms with Gasteiger partial charge < -0.3 is 15.0 Å². The van der Waals surface area contributed by atoms with Crippen LogP contribution in [0.2, 0.25) is 10.0 Å². The second-order valence-electron chi connectivity index (χ2n) is 6.23. The van der Waals surface area contributed by atoms with Gasteiger partial charge in [-0.25, -0.2) is 0 Å². The number of ether oxygens (including phenoxy) is 1. The number of carbonyl (C=O) groups excluding carboxylic acids is 2. The van der Waals surface area contributed by atoms with Gasteiger partial charge in [0.1, 0.15) is 5.75 Å². The Labute approximate surface area is 161 Å². The van der Waals surface area contributed by atoms with Crippen molar-refractivity contribution in [3.63, 3.8) is 0 Å². The number of hydrogen-bond donors (Lipinski definition) is 1. The maximum atomic E-state index is 12.6. The van der Waals surface area contributed by atoms with E-state index in [0.29, 0.717) is 33.7 Å². The van der Waals surface area contributed by atoms with Gasteiger partial charge in [0, 0.05) is 28.7 Å². The van der Waals surface area contributed by atoms with Crippen molar-refractivity contribution in [1.82, 2.24) is 0 Å². The summed E-state index contributed by atoms with van der Waals surface area (Å²) in [5, 5.41) is 3.64. The topological polar surface area (TPSA) is 58.6 Å². The summed E-state index contributed by atoms with van der Waals surface area (Å²) in [6.45, 7) is 2.23. The van der Waals surface area contributed by atoms with Crippen LogP contribution < -0.4 is 15.0 Å². The number of halogens is 2. The molecule has 0 saturated carbocycles. The molecular weight excluding hydrogens is 375 g/mol. The van der Waals surface area contributed by atoms with E-state index in [-0.39, 0.29) is 18.2 Å². The second-order valence-corrected chi connectivity index (χ2v) is 7.10. The molecule has 0 bridgehead atoms. The Morgan fingerprint density at radius 1 is 1.19 bits per heavy atom. The predicted octanol–water partition coefficient (Wildman–Crippen LogP) is 4.30. The highest BCUT2D eigenvalue weighted by Gasteiger charge is 2.36. The van der Waals surface area contributed by atoms with Crippen molar-refractivity contribution in [3.8, 4) is 5.75 Å². The van der Waals surface area contributed by atoms with E-state index in [2.05, 4.69) is 5.32 Å². The van der Waals surface area contributed by atoms with E-state index in [1.54, 1.807) is 30.2 Å². The van der Waals surface area contributed by atoms with Gasteiger partial charge in [-0.05, 0) is 42.8 Å². The van der Waals surface area contributed by atoms with Crippen molar-refractivity contribution in [3.05, 3.63) is 52.0 Å². The number of hydrogen-bond acceptors (Lipinski definition) is 3. The number of nitrogens with zero attached hydrogens (tertiary/aromatic N) is 1. The Hall–Kier alpha value is -2.24. The number of carbonyl (C=O) groups is 2. The summed E-state index contributed by atoms with van der Waals surface area (Å²) < 4.78 is 5.36. The van der Waals surface area contributed by atoms with E-state index < -0.39 is 5.92 Å². The third kappa shape index (κ3) is 3.94. The molecule has 2 aromatic carbocycles. The third-order valence-electron chi connectivity index (χ3n) is 4.25. The van der Waals surface area contributed by atoms with Crippen LogP contribution in [0.5, 0.6) is 5.75 Å². The molecule has 1 fully saturated rings. The van der Waals surface area contributed by atoms with Gasteiger partial charge in [0.15, 0.2) is 0 Å². The van der Waals surface area contributed by atoms with Crippen LogP contribution >= 0.6 is 23.2 Å². The zero-order valence-electron chi connectivity index (χ0n) is 14.4. The molecule has 5 nitrogen and oxygen atoms in total. The Bertz CT molecular complexity index is 850. The summed E-state index contributed by atoms with van der Waals surface area (Å²) in [6.07, 6.45) is 0.136. The van der Waals surface area contributed by atoms with Gasteiger partial charge in [0.2, 0.25) is 11.8 Å². The van der Waals surface area contributed by atoms with Gasteiger partial charge in [0.25, 0.3) is 0 Å². The SMILES string of the molecule is COc1ccc(C)cc1N1CC(C(=O)Nc2cc(Cl)cc(Cl)c2)CC1=O. The summed E-state index contributed by atoms with van der Waals surface area (Å²) in [5.41, 5.74) is 2.19. The molecule has 0 spiro atoms. The monoisotopic (exact) mass is 392 g/mol. The van der Waals surface area contributed by atoms with Gasteiger partial charge in [0.05, 0.1) is 18.7 Å². The maximum Gasteiger partial charge on any atom is 0.229 e.